The molecular formula is C17H25N3O3. The summed E-state index contributed by atoms with van der Waals surface area (Å²) in [5.74, 6) is -0.986. The first-order chi connectivity index (χ1) is 11.1. The zero-order chi connectivity index (χ0) is 16.7. The molecule has 6 heteroatoms. The molecule has 126 valence electrons. The van der Waals surface area contributed by atoms with Crippen LogP contribution in [-0.2, 0) is 11.3 Å². The van der Waals surface area contributed by atoms with E-state index >= 15 is 0 Å². The number of aliphatic carboxylic acids is 1. The summed E-state index contributed by atoms with van der Waals surface area (Å²) in [6, 6.07) is 10.2. The number of urea groups is 1. The summed E-state index contributed by atoms with van der Waals surface area (Å²) in [7, 11) is 0. The third-order valence-electron chi connectivity index (χ3n) is 4.16. The third-order valence-corrected chi connectivity index (χ3v) is 4.16. The minimum absolute atomic E-state index is 0.123. The molecule has 2 amide bonds. The van der Waals surface area contributed by atoms with Crippen molar-refractivity contribution in [1.29, 1.82) is 0 Å². The van der Waals surface area contributed by atoms with E-state index in [1.807, 2.05) is 18.2 Å². The second-order valence-electron chi connectivity index (χ2n) is 5.89. The summed E-state index contributed by atoms with van der Waals surface area (Å²) < 4.78 is 0. The van der Waals surface area contributed by atoms with E-state index in [-0.39, 0.29) is 18.6 Å². The lowest BCUT2D eigenvalue weighted by Gasteiger charge is -2.33. The third kappa shape index (κ3) is 5.56. The van der Waals surface area contributed by atoms with Crippen LogP contribution in [0.3, 0.4) is 0 Å². The number of hydrogen-bond donors (Lipinski definition) is 2. The number of nitrogens with zero attached hydrogens (tertiary/aromatic N) is 2. The van der Waals surface area contributed by atoms with Crippen molar-refractivity contribution in [2.75, 3.05) is 26.2 Å². The van der Waals surface area contributed by atoms with Crippen molar-refractivity contribution in [1.82, 2.24) is 15.1 Å². The molecule has 1 saturated heterocycles. The van der Waals surface area contributed by atoms with E-state index in [9.17, 15) is 9.59 Å². The Hall–Kier alpha value is -2.08. The van der Waals surface area contributed by atoms with E-state index in [4.69, 9.17) is 5.11 Å². The van der Waals surface area contributed by atoms with Gasteiger partial charge in [-0.2, -0.15) is 0 Å². The zero-order valence-corrected chi connectivity index (χ0v) is 13.6. The molecule has 0 unspecified atom stereocenters. The molecule has 1 fully saturated rings. The van der Waals surface area contributed by atoms with Gasteiger partial charge in [-0.25, -0.2) is 4.79 Å². The Morgan fingerprint density at radius 2 is 1.91 bits per heavy atom. The average molecular weight is 319 g/mol. The first-order valence-corrected chi connectivity index (χ1v) is 8.12. The summed E-state index contributed by atoms with van der Waals surface area (Å²) in [5.41, 5.74) is 1.30. The van der Waals surface area contributed by atoms with Crippen LogP contribution in [0.1, 0.15) is 25.3 Å². The summed E-state index contributed by atoms with van der Waals surface area (Å²) >= 11 is 0. The van der Waals surface area contributed by atoms with Gasteiger partial charge >= 0.3 is 12.0 Å². The van der Waals surface area contributed by atoms with Gasteiger partial charge in [0.15, 0.2) is 0 Å². The van der Waals surface area contributed by atoms with Crippen LogP contribution < -0.4 is 5.32 Å². The molecule has 2 N–H and O–H groups in total. The van der Waals surface area contributed by atoms with E-state index in [1.54, 1.807) is 6.92 Å². The van der Waals surface area contributed by atoms with Crippen molar-refractivity contribution in [3.05, 3.63) is 35.9 Å². The maximum atomic E-state index is 12.1. The lowest BCUT2D eigenvalue weighted by molar-refractivity contribution is -0.137. The number of likely N-dealkylation sites (tertiary alicyclic amines) is 1. The normalized spacial score (nSPS) is 16.0. The van der Waals surface area contributed by atoms with Crippen LogP contribution in [0.4, 0.5) is 4.79 Å². The van der Waals surface area contributed by atoms with Gasteiger partial charge in [0.1, 0.15) is 6.54 Å². The van der Waals surface area contributed by atoms with Gasteiger partial charge in [-0.3, -0.25) is 9.69 Å². The molecule has 1 heterocycles. The lowest BCUT2D eigenvalue weighted by atomic mass is 10.0. The van der Waals surface area contributed by atoms with Crippen molar-refractivity contribution < 1.29 is 14.7 Å². The molecule has 0 aliphatic carbocycles. The van der Waals surface area contributed by atoms with Crippen molar-refractivity contribution >= 4 is 12.0 Å². The lowest BCUT2D eigenvalue weighted by Crippen LogP contribution is -2.50. The predicted octanol–water partition coefficient (Wildman–Crippen LogP) is 1.77. The maximum Gasteiger partial charge on any atom is 0.323 e. The van der Waals surface area contributed by atoms with Crippen molar-refractivity contribution in [3.63, 3.8) is 0 Å². The van der Waals surface area contributed by atoms with Gasteiger partial charge in [0.25, 0.3) is 0 Å². The van der Waals surface area contributed by atoms with E-state index in [0.717, 1.165) is 32.5 Å². The molecular weight excluding hydrogens is 294 g/mol. The van der Waals surface area contributed by atoms with E-state index in [0.29, 0.717) is 6.54 Å². The molecule has 1 aliphatic heterocycles. The number of likely N-dealkylation sites (N-methyl/N-ethyl adjacent to an activating group) is 1. The Morgan fingerprint density at radius 3 is 2.48 bits per heavy atom. The number of piperidine rings is 1. The number of benzene rings is 1. The molecule has 0 saturated carbocycles. The number of nitrogens with one attached hydrogen (secondary N) is 1. The summed E-state index contributed by atoms with van der Waals surface area (Å²) in [6.07, 6.45) is 1.78. The number of carboxylic acids is 1. The van der Waals surface area contributed by atoms with Crippen LogP contribution in [0.25, 0.3) is 0 Å². The fourth-order valence-electron chi connectivity index (χ4n) is 2.83. The predicted molar refractivity (Wildman–Crippen MR) is 88.2 cm³/mol. The Labute approximate surface area is 137 Å². The highest BCUT2D eigenvalue weighted by atomic mass is 16.4. The first-order valence-electron chi connectivity index (χ1n) is 8.12. The highest BCUT2D eigenvalue weighted by molar-refractivity contribution is 5.80. The van der Waals surface area contributed by atoms with Crippen LogP contribution in [0.5, 0.6) is 0 Å². The SMILES string of the molecule is CCN(CC(=O)O)C(=O)NC1CCN(Cc2ccccc2)CC1. The van der Waals surface area contributed by atoms with Gasteiger partial charge in [-0.05, 0) is 25.3 Å². The molecule has 1 aromatic rings. The van der Waals surface area contributed by atoms with Crippen molar-refractivity contribution in [2.24, 2.45) is 0 Å². The van der Waals surface area contributed by atoms with Gasteiger partial charge < -0.3 is 15.3 Å². The van der Waals surface area contributed by atoms with Gasteiger partial charge in [0.2, 0.25) is 0 Å². The number of carbonyl (C=O) groups excluding carboxylic acids is 1. The van der Waals surface area contributed by atoms with Crippen molar-refractivity contribution in [2.45, 2.75) is 32.4 Å². The van der Waals surface area contributed by atoms with Crippen LogP contribution in [0, 0.1) is 0 Å². The minimum atomic E-state index is -0.986. The second-order valence-corrected chi connectivity index (χ2v) is 5.89. The molecule has 0 spiro atoms. The Morgan fingerprint density at radius 1 is 1.26 bits per heavy atom. The zero-order valence-electron chi connectivity index (χ0n) is 13.6. The minimum Gasteiger partial charge on any atom is -0.480 e. The number of carbonyl (C=O) groups is 2. The van der Waals surface area contributed by atoms with E-state index in [2.05, 4.69) is 22.3 Å². The largest absolute Gasteiger partial charge is 0.480 e. The summed E-state index contributed by atoms with van der Waals surface area (Å²) in [6.45, 7) is 4.72. The Balaban J connectivity index is 1.75. The highest BCUT2D eigenvalue weighted by Crippen LogP contribution is 2.14. The standard InChI is InChI=1S/C17H25N3O3/c1-2-20(13-16(21)22)17(23)18-15-8-10-19(11-9-15)12-14-6-4-3-5-7-14/h3-7,15H,2,8-13H2,1H3,(H,18,23)(H,21,22). The Kier molecular flexibility index (Phi) is 6.40. The maximum absolute atomic E-state index is 12.1. The molecule has 0 bridgehead atoms. The number of carboxylic acid groups (broad SMARTS) is 1. The Bertz CT molecular complexity index is 513. The fourth-order valence-corrected chi connectivity index (χ4v) is 2.83. The average Bonchev–Trinajstić information content (AvgIpc) is 2.55. The van der Waals surface area contributed by atoms with Crippen LogP contribution >= 0.6 is 0 Å². The summed E-state index contributed by atoms with van der Waals surface area (Å²) in [4.78, 5) is 26.5. The van der Waals surface area contributed by atoms with Crippen LogP contribution in [-0.4, -0.2) is 59.1 Å². The number of amides is 2. The van der Waals surface area contributed by atoms with Gasteiger partial charge in [0.05, 0.1) is 0 Å². The molecule has 0 aromatic heterocycles. The van der Waals surface area contributed by atoms with Gasteiger partial charge in [0, 0.05) is 32.2 Å². The molecule has 1 aliphatic rings. The molecule has 1 aromatic carbocycles. The highest BCUT2D eigenvalue weighted by Gasteiger charge is 2.23. The molecule has 0 radical (unpaired) electrons. The van der Waals surface area contributed by atoms with Crippen molar-refractivity contribution in [3.8, 4) is 0 Å². The van der Waals surface area contributed by atoms with Crippen LogP contribution in [0.15, 0.2) is 30.3 Å². The second kappa shape index (κ2) is 8.53. The van der Waals surface area contributed by atoms with Gasteiger partial charge in [-0.1, -0.05) is 30.3 Å². The van der Waals surface area contributed by atoms with E-state index < -0.39 is 5.97 Å². The number of rotatable bonds is 6. The quantitative estimate of drug-likeness (QED) is 0.838. The molecule has 6 nitrogen and oxygen atoms in total. The van der Waals surface area contributed by atoms with Crippen LogP contribution in [0.2, 0.25) is 0 Å². The summed E-state index contributed by atoms with van der Waals surface area (Å²) in [5, 5.41) is 11.8. The topological polar surface area (TPSA) is 72.9 Å². The smallest absolute Gasteiger partial charge is 0.323 e. The molecule has 23 heavy (non-hydrogen) atoms. The van der Waals surface area contributed by atoms with E-state index in [1.165, 1.54) is 10.5 Å². The number of hydrogen-bond acceptors (Lipinski definition) is 3. The first kappa shape index (κ1) is 17.3. The van der Waals surface area contributed by atoms with Gasteiger partial charge in [-0.15, -0.1) is 0 Å². The molecule has 0 atom stereocenters. The fraction of sp³-hybridized carbons (Fsp3) is 0.529. The monoisotopic (exact) mass is 319 g/mol. The molecule has 2 rings (SSSR count).